The van der Waals surface area contributed by atoms with Gasteiger partial charge >= 0.3 is 0 Å². The molecule has 0 aliphatic carbocycles. The molecule has 2 aromatic rings. The normalized spacial score (nSPS) is 10.3. The Labute approximate surface area is 131 Å². The monoisotopic (exact) mass is 326 g/mol. The lowest BCUT2D eigenvalue weighted by molar-refractivity contribution is 0.0960. The summed E-state index contributed by atoms with van der Waals surface area (Å²) in [6, 6.07) is 10.3. The van der Waals surface area contributed by atoms with Gasteiger partial charge in [-0.25, -0.2) is 0 Å². The molecule has 3 nitrogen and oxygen atoms in total. The SMILES string of the molecule is CNC(=O)c1ccc(N)cc1Sc1cc(Cl)ccc1Cl. The second-order valence-electron chi connectivity index (χ2n) is 4.01. The third-order valence-corrected chi connectivity index (χ3v) is 4.38. The standard InChI is InChI=1S/C14H12Cl2N2OS/c1-18-14(19)10-4-3-9(17)7-12(10)20-13-6-8(15)2-5-11(13)16/h2-7H,17H2,1H3,(H,18,19). The van der Waals surface area contributed by atoms with Crippen molar-refractivity contribution in [1.29, 1.82) is 0 Å². The molecule has 0 atom stereocenters. The number of nitrogen functional groups attached to an aromatic ring is 1. The van der Waals surface area contributed by atoms with Crippen LogP contribution in [-0.2, 0) is 0 Å². The van der Waals surface area contributed by atoms with Gasteiger partial charge in [0.15, 0.2) is 0 Å². The van der Waals surface area contributed by atoms with Gasteiger partial charge in [0.05, 0.1) is 10.6 Å². The van der Waals surface area contributed by atoms with Gasteiger partial charge in [0.2, 0.25) is 0 Å². The second kappa shape index (κ2) is 6.39. The lowest BCUT2D eigenvalue weighted by atomic mass is 10.2. The third kappa shape index (κ3) is 3.39. The molecule has 0 radical (unpaired) electrons. The number of nitrogens with one attached hydrogen (secondary N) is 1. The summed E-state index contributed by atoms with van der Waals surface area (Å²) >= 11 is 13.5. The highest BCUT2D eigenvalue weighted by Crippen LogP contribution is 2.37. The Morgan fingerprint density at radius 2 is 1.90 bits per heavy atom. The summed E-state index contributed by atoms with van der Waals surface area (Å²) in [6.45, 7) is 0. The zero-order valence-electron chi connectivity index (χ0n) is 10.6. The molecule has 0 aromatic heterocycles. The van der Waals surface area contributed by atoms with Gasteiger partial charge in [-0.05, 0) is 36.4 Å². The largest absolute Gasteiger partial charge is 0.399 e. The molecule has 0 aliphatic heterocycles. The number of amides is 1. The molecule has 2 rings (SSSR count). The van der Waals surface area contributed by atoms with Crippen molar-refractivity contribution in [3.63, 3.8) is 0 Å². The van der Waals surface area contributed by atoms with Crippen LogP contribution in [0.5, 0.6) is 0 Å². The maximum atomic E-state index is 11.9. The van der Waals surface area contributed by atoms with Crippen LogP contribution in [0, 0.1) is 0 Å². The van der Waals surface area contributed by atoms with Crippen LogP contribution in [-0.4, -0.2) is 13.0 Å². The van der Waals surface area contributed by atoms with Crippen LogP contribution >= 0.6 is 35.0 Å². The molecular formula is C14H12Cl2N2OS. The van der Waals surface area contributed by atoms with E-state index in [0.717, 1.165) is 9.79 Å². The van der Waals surface area contributed by atoms with Gasteiger partial charge in [-0.2, -0.15) is 0 Å². The number of rotatable bonds is 3. The summed E-state index contributed by atoms with van der Waals surface area (Å²) in [7, 11) is 1.58. The Balaban J connectivity index is 2.44. The first-order valence-electron chi connectivity index (χ1n) is 5.76. The predicted octanol–water partition coefficient (Wildman–Crippen LogP) is 4.09. The number of hydrogen-bond acceptors (Lipinski definition) is 3. The number of nitrogens with two attached hydrogens (primary N) is 1. The van der Waals surface area contributed by atoms with Crippen molar-refractivity contribution in [2.75, 3.05) is 12.8 Å². The lowest BCUT2D eigenvalue weighted by Crippen LogP contribution is -2.18. The van der Waals surface area contributed by atoms with Gasteiger partial charge in [-0.1, -0.05) is 35.0 Å². The highest BCUT2D eigenvalue weighted by molar-refractivity contribution is 7.99. The van der Waals surface area contributed by atoms with Gasteiger partial charge in [0, 0.05) is 27.5 Å². The first kappa shape index (κ1) is 15.0. The summed E-state index contributed by atoms with van der Waals surface area (Å²) in [5.74, 6) is -0.175. The Bertz CT molecular complexity index is 662. The molecule has 2 aromatic carbocycles. The first-order chi connectivity index (χ1) is 9.51. The van der Waals surface area contributed by atoms with Crippen LogP contribution in [0.1, 0.15) is 10.4 Å². The molecular weight excluding hydrogens is 315 g/mol. The van der Waals surface area contributed by atoms with Crippen molar-refractivity contribution >= 4 is 46.6 Å². The minimum Gasteiger partial charge on any atom is -0.399 e. The van der Waals surface area contributed by atoms with Crippen LogP contribution in [0.15, 0.2) is 46.2 Å². The highest BCUT2D eigenvalue weighted by Gasteiger charge is 2.13. The minimum atomic E-state index is -0.175. The summed E-state index contributed by atoms with van der Waals surface area (Å²) in [5.41, 5.74) is 6.91. The van der Waals surface area contributed by atoms with Crippen LogP contribution in [0.3, 0.4) is 0 Å². The third-order valence-electron chi connectivity index (χ3n) is 2.59. The average Bonchev–Trinajstić information content (AvgIpc) is 2.42. The fraction of sp³-hybridized carbons (Fsp3) is 0.0714. The molecule has 0 fully saturated rings. The molecule has 3 N–H and O–H groups in total. The zero-order valence-corrected chi connectivity index (χ0v) is 12.9. The summed E-state index contributed by atoms with van der Waals surface area (Å²) in [4.78, 5) is 13.4. The van der Waals surface area contributed by atoms with Gasteiger partial charge in [-0.3, -0.25) is 4.79 Å². The fourth-order valence-electron chi connectivity index (χ4n) is 1.62. The van der Waals surface area contributed by atoms with E-state index in [2.05, 4.69) is 5.32 Å². The van der Waals surface area contributed by atoms with Crippen molar-refractivity contribution in [2.45, 2.75) is 9.79 Å². The summed E-state index contributed by atoms with van der Waals surface area (Å²) in [5, 5.41) is 3.76. The molecule has 0 saturated heterocycles. The van der Waals surface area contributed by atoms with E-state index >= 15 is 0 Å². The van der Waals surface area contributed by atoms with E-state index in [0.29, 0.717) is 21.3 Å². The first-order valence-corrected chi connectivity index (χ1v) is 7.33. The van der Waals surface area contributed by atoms with E-state index in [4.69, 9.17) is 28.9 Å². The van der Waals surface area contributed by atoms with Gasteiger partial charge in [-0.15, -0.1) is 0 Å². The number of halogens is 2. The second-order valence-corrected chi connectivity index (χ2v) is 5.94. The molecule has 104 valence electrons. The molecule has 6 heteroatoms. The zero-order chi connectivity index (χ0) is 14.7. The van der Waals surface area contributed by atoms with Gasteiger partial charge in [0.1, 0.15) is 0 Å². The highest BCUT2D eigenvalue weighted by atomic mass is 35.5. The number of benzene rings is 2. The van der Waals surface area contributed by atoms with Crippen LogP contribution in [0.2, 0.25) is 10.0 Å². The predicted molar refractivity (Wildman–Crippen MR) is 84.8 cm³/mol. The maximum absolute atomic E-state index is 11.9. The fourth-order valence-corrected chi connectivity index (χ4v) is 3.14. The molecule has 0 heterocycles. The van der Waals surface area contributed by atoms with Crippen molar-refractivity contribution in [1.82, 2.24) is 5.32 Å². The minimum absolute atomic E-state index is 0.175. The van der Waals surface area contributed by atoms with E-state index in [1.54, 1.807) is 43.4 Å². The summed E-state index contributed by atoms with van der Waals surface area (Å²) < 4.78 is 0. The average molecular weight is 327 g/mol. The van der Waals surface area contributed by atoms with E-state index in [9.17, 15) is 4.79 Å². The molecule has 0 bridgehead atoms. The molecule has 1 amide bonds. The number of anilines is 1. The van der Waals surface area contributed by atoms with E-state index in [1.165, 1.54) is 11.8 Å². The Kier molecular flexibility index (Phi) is 4.81. The molecule has 20 heavy (non-hydrogen) atoms. The van der Waals surface area contributed by atoms with Crippen molar-refractivity contribution in [3.8, 4) is 0 Å². The van der Waals surface area contributed by atoms with E-state index in [-0.39, 0.29) is 5.91 Å². The maximum Gasteiger partial charge on any atom is 0.252 e. The topological polar surface area (TPSA) is 55.1 Å². The molecule has 0 saturated carbocycles. The molecule has 0 aliphatic rings. The Morgan fingerprint density at radius 1 is 1.15 bits per heavy atom. The lowest BCUT2D eigenvalue weighted by Gasteiger charge is -2.10. The number of carbonyl (C=O) groups is 1. The Hall–Kier alpha value is -1.36. The van der Waals surface area contributed by atoms with Gasteiger partial charge < -0.3 is 11.1 Å². The van der Waals surface area contributed by atoms with Crippen molar-refractivity contribution in [2.24, 2.45) is 0 Å². The smallest absolute Gasteiger partial charge is 0.252 e. The van der Waals surface area contributed by atoms with Crippen LogP contribution in [0.25, 0.3) is 0 Å². The van der Waals surface area contributed by atoms with Crippen molar-refractivity contribution < 1.29 is 4.79 Å². The molecule has 0 spiro atoms. The van der Waals surface area contributed by atoms with Crippen LogP contribution < -0.4 is 11.1 Å². The van der Waals surface area contributed by atoms with Crippen LogP contribution in [0.4, 0.5) is 5.69 Å². The quantitative estimate of drug-likeness (QED) is 0.835. The molecule has 0 unspecified atom stereocenters. The number of hydrogen-bond donors (Lipinski definition) is 2. The number of carbonyl (C=O) groups excluding carboxylic acids is 1. The van der Waals surface area contributed by atoms with E-state index < -0.39 is 0 Å². The Morgan fingerprint density at radius 3 is 2.60 bits per heavy atom. The van der Waals surface area contributed by atoms with E-state index in [1.807, 2.05) is 0 Å². The summed E-state index contributed by atoms with van der Waals surface area (Å²) in [6.07, 6.45) is 0. The van der Waals surface area contributed by atoms with Gasteiger partial charge in [0.25, 0.3) is 5.91 Å². The van der Waals surface area contributed by atoms with Crippen molar-refractivity contribution in [3.05, 3.63) is 52.0 Å².